The van der Waals surface area contributed by atoms with Gasteiger partial charge in [0.25, 0.3) is 0 Å². The molecule has 0 amide bonds. The predicted octanol–water partition coefficient (Wildman–Crippen LogP) is 3.72. The van der Waals surface area contributed by atoms with Gasteiger partial charge in [0, 0.05) is 6.26 Å². The maximum absolute atomic E-state index is 13.6. The number of sulfone groups is 1. The number of hydrogen-bond donors (Lipinski definition) is 1. The first-order chi connectivity index (χ1) is 10.4. The number of aryl methyl sites for hydroxylation is 1. The highest BCUT2D eigenvalue weighted by Gasteiger charge is 2.22. The van der Waals surface area contributed by atoms with Crippen LogP contribution in [0.15, 0.2) is 47.4 Å². The van der Waals surface area contributed by atoms with E-state index in [0.717, 1.165) is 31.1 Å². The zero-order chi connectivity index (χ0) is 15.7. The van der Waals surface area contributed by atoms with Crippen LogP contribution in [0, 0.1) is 5.82 Å². The second kappa shape index (κ2) is 5.72. The zero-order valence-electron chi connectivity index (χ0n) is 12.3. The van der Waals surface area contributed by atoms with Crippen molar-refractivity contribution in [3.05, 3.63) is 59.4 Å². The summed E-state index contributed by atoms with van der Waals surface area (Å²) in [5.41, 5.74) is 2.77. The molecule has 0 aromatic heterocycles. The van der Waals surface area contributed by atoms with E-state index in [1.165, 1.54) is 23.8 Å². The molecule has 22 heavy (non-hydrogen) atoms. The van der Waals surface area contributed by atoms with Crippen molar-refractivity contribution in [3.63, 3.8) is 0 Å². The van der Waals surface area contributed by atoms with Crippen LogP contribution in [-0.4, -0.2) is 14.7 Å². The van der Waals surface area contributed by atoms with Crippen molar-refractivity contribution in [1.82, 2.24) is 0 Å². The normalized spacial score (nSPS) is 17.8. The smallest absolute Gasteiger partial charge is 0.177 e. The van der Waals surface area contributed by atoms with Crippen LogP contribution in [0.5, 0.6) is 0 Å². The number of benzene rings is 2. The molecule has 0 bridgehead atoms. The van der Waals surface area contributed by atoms with Gasteiger partial charge in [0.15, 0.2) is 9.84 Å². The third-order valence-electron chi connectivity index (χ3n) is 4.04. The van der Waals surface area contributed by atoms with Gasteiger partial charge >= 0.3 is 0 Å². The molecule has 0 aliphatic heterocycles. The second-order valence-electron chi connectivity index (χ2n) is 5.70. The molecule has 1 aliphatic carbocycles. The fourth-order valence-electron chi connectivity index (χ4n) is 3.03. The van der Waals surface area contributed by atoms with Crippen molar-refractivity contribution >= 4 is 15.5 Å². The van der Waals surface area contributed by atoms with E-state index in [1.807, 2.05) is 18.2 Å². The molecule has 0 heterocycles. The highest BCUT2D eigenvalue weighted by Crippen LogP contribution is 2.34. The van der Waals surface area contributed by atoms with Crippen LogP contribution >= 0.6 is 0 Å². The van der Waals surface area contributed by atoms with E-state index < -0.39 is 15.7 Å². The van der Waals surface area contributed by atoms with Crippen molar-refractivity contribution in [2.75, 3.05) is 11.6 Å². The van der Waals surface area contributed by atoms with Gasteiger partial charge < -0.3 is 5.32 Å². The van der Waals surface area contributed by atoms with Gasteiger partial charge in [-0.25, -0.2) is 12.8 Å². The van der Waals surface area contributed by atoms with E-state index in [4.69, 9.17) is 0 Å². The van der Waals surface area contributed by atoms with E-state index in [0.29, 0.717) is 5.69 Å². The van der Waals surface area contributed by atoms with Crippen molar-refractivity contribution in [3.8, 4) is 0 Å². The van der Waals surface area contributed by atoms with Crippen molar-refractivity contribution in [2.24, 2.45) is 0 Å². The predicted molar refractivity (Wildman–Crippen MR) is 85.3 cm³/mol. The number of anilines is 1. The Morgan fingerprint density at radius 1 is 1.18 bits per heavy atom. The van der Waals surface area contributed by atoms with E-state index in [-0.39, 0.29) is 10.9 Å². The topological polar surface area (TPSA) is 46.2 Å². The lowest BCUT2D eigenvalue weighted by atomic mass is 9.87. The minimum atomic E-state index is -3.41. The van der Waals surface area contributed by atoms with E-state index in [2.05, 4.69) is 11.4 Å². The molecule has 0 radical (unpaired) electrons. The number of fused-ring (bicyclic) bond motifs is 1. The molecule has 2 aromatic carbocycles. The van der Waals surface area contributed by atoms with Gasteiger partial charge in [-0.2, -0.15) is 0 Å². The van der Waals surface area contributed by atoms with E-state index in [1.54, 1.807) is 0 Å². The first-order valence-electron chi connectivity index (χ1n) is 7.29. The average molecular weight is 319 g/mol. The summed E-state index contributed by atoms with van der Waals surface area (Å²) in [6, 6.07) is 11.9. The van der Waals surface area contributed by atoms with Crippen LogP contribution in [0.25, 0.3) is 0 Å². The van der Waals surface area contributed by atoms with Crippen LogP contribution in [-0.2, 0) is 16.3 Å². The minimum Gasteiger partial charge on any atom is -0.377 e. The molecule has 1 aliphatic rings. The lowest BCUT2D eigenvalue weighted by molar-refractivity contribution is 0.590. The van der Waals surface area contributed by atoms with Crippen LogP contribution in [0.4, 0.5) is 10.1 Å². The standard InChI is InChI=1S/C17H18FNO2S/c1-22(20,21)17-10-9-13(18)11-16(17)19-15-8-4-6-12-5-2-3-7-14(12)15/h2-3,5,7,9-11,15,19H,4,6,8H2,1H3. The Morgan fingerprint density at radius 2 is 1.95 bits per heavy atom. The molecule has 0 spiro atoms. The highest BCUT2D eigenvalue weighted by molar-refractivity contribution is 7.90. The first kappa shape index (κ1) is 15.0. The molecule has 1 atom stereocenters. The lowest BCUT2D eigenvalue weighted by Crippen LogP contribution is -2.18. The summed E-state index contributed by atoms with van der Waals surface area (Å²) in [4.78, 5) is 0.136. The molecule has 3 nitrogen and oxygen atoms in total. The molecule has 5 heteroatoms. The van der Waals surface area contributed by atoms with E-state index in [9.17, 15) is 12.8 Å². The van der Waals surface area contributed by atoms with Gasteiger partial charge in [0.2, 0.25) is 0 Å². The maximum atomic E-state index is 13.6. The quantitative estimate of drug-likeness (QED) is 0.877. The van der Waals surface area contributed by atoms with Crippen LogP contribution in [0.2, 0.25) is 0 Å². The third-order valence-corrected chi connectivity index (χ3v) is 5.20. The molecule has 2 aromatic rings. The monoisotopic (exact) mass is 319 g/mol. The summed E-state index contributed by atoms with van der Waals surface area (Å²) in [5, 5.41) is 3.23. The van der Waals surface area contributed by atoms with Crippen LogP contribution in [0.3, 0.4) is 0 Å². The van der Waals surface area contributed by atoms with Crippen molar-refractivity contribution in [1.29, 1.82) is 0 Å². The molecule has 116 valence electrons. The molecule has 1 unspecified atom stereocenters. The Bertz CT molecular complexity index is 802. The molecule has 0 fully saturated rings. The summed E-state index contributed by atoms with van der Waals surface area (Å²) in [6.45, 7) is 0. The maximum Gasteiger partial charge on any atom is 0.177 e. The van der Waals surface area contributed by atoms with Gasteiger partial charge in [0.1, 0.15) is 5.82 Å². The zero-order valence-corrected chi connectivity index (χ0v) is 13.2. The summed E-state index contributed by atoms with van der Waals surface area (Å²) < 4.78 is 37.3. The number of rotatable bonds is 3. The summed E-state index contributed by atoms with van der Waals surface area (Å²) >= 11 is 0. The first-order valence-corrected chi connectivity index (χ1v) is 9.18. The highest BCUT2D eigenvalue weighted by atomic mass is 32.2. The Balaban J connectivity index is 2.00. The Kier molecular flexibility index (Phi) is 3.91. The molecule has 3 rings (SSSR count). The van der Waals surface area contributed by atoms with Gasteiger partial charge in [-0.1, -0.05) is 24.3 Å². The molecule has 0 saturated heterocycles. The van der Waals surface area contributed by atoms with Gasteiger partial charge in [0.05, 0.1) is 16.6 Å². The fourth-order valence-corrected chi connectivity index (χ4v) is 3.86. The van der Waals surface area contributed by atoms with Gasteiger partial charge in [-0.05, 0) is 48.6 Å². The van der Waals surface area contributed by atoms with Crippen LogP contribution in [0.1, 0.15) is 30.0 Å². The summed E-state index contributed by atoms with van der Waals surface area (Å²) in [5.74, 6) is -0.445. The number of halogens is 1. The van der Waals surface area contributed by atoms with Crippen LogP contribution < -0.4 is 5.32 Å². The van der Waals surface area contributed by atoms with Crippen molar-refractivity contribution in [2.45, 2.75) is 30.2 Å². The van der Waals surface area contributed by atoms with Crippen molar-refractivity contribution < 1.29 is 12.8 Å². The molecule has 1 N–H and O–H groups in total. The lowest BCUT2D eigenvalue weighted by Gasteiger charge is -2.28. The molecule has 0 saturated carbocycles. The summed E-state index contributed by atoms with van der Waals surface area (Å²) in [6.07, 6.45) is 4.09. The Morgan fingerprint density at radius 3 is 2.73 bits per heavy atom. The third kappa shape index (κ3) is 2.99. The average Bonchev–Trinajstić information content (AvgIpc) is 2.46. The SMILES string of the molecule is CS(=O)(=O)c1ccc(F)cc1NC1CCCc2ccccc21. The van der Waals surface area contributed by atoms with Gasteiger partial charge in [-0.15, -0.1) is 0 Å². The van der Waals surface area contributed by atoms with E-state index >= 15 is 0 Å². The molecular weight excluding hydrogens is 301 g/mol. The Labute approximate surface area is 130 Å². The second-order valence-corrected chi connectivity index (χ2v) is 7.68. The summed E-state index contributed by atoms with van der Waals surface area (Å²) in [7, 11) is -3.41. The largest absolute Gasteiger partial charge is 0.377 e. The Hall–Kier alpha value is -1.88. The number of nitrogens with one attached hydrogen (secondary N) is 1. The number of hydrogen-bond acceptors (Lipinski definition) is 3. The van der Waals surface area contributed by atoms with Gasteiger partial charge in [-0.3, -0.25) is 0 Å². The minimum absolute atomic E-state index is 0.00671. The molecular formula is C17H18FNO2S. The fraction of sp³-hybridized carbons (Fsp3) is 0.294.